The summed E-state index contributed by atoms with van der Waals surface area (Å²) in [6, 6.07) is 0. The molecule has 1 unspecified atom stereocenters. The zero-order chi connectivity index (χ0) is 4.41. The van der Waals surface area contributed by atoms with Gasteiger partial charge >= 0.3 is 0 Å². The van der Waals surface area contributed by atoms with Gasteiger partial charge in [-0.15, -0.1) is 0 Å². The molecule has 1 aliphatic rings. The van der Waals surface area contributed by atoms with Gasteiger partial charge in [-0.1, -0.05) is 0 Å². The molecule has 1 rings (SSSR count). The van der Waals surface area contributed by atoms with Gasteiger partial charge in [0.05, 0.1) is 6.61 Å². The molecule has 35 valence electrons. The largest absolute Gasteiger partial charge is 0.348 e. The summed E-state index contributed by atoms with van der Waals surface area (Å²) in [5.74, 6) is 0. The molecular formula is C4H6FO. The van der Waals surface area contributed by atoms with E-state index in [9.17, 15) is 4.39 Å². The van der Waals surface area contributed by atoms with Gasteiger partial charge in [0.15, 0.2) is 0 Å². The summed E-state index contributed by atoms with van der Waals surface area (Å²) in [6.45, 7) is 0.557. The van der Waals surface area contributed by atoms with Gasteiger partial charge in [-0.25, -0.2) is 4.39 Å². The van der Waals surface area contributed by atoms with Crippen LogP contribution in [0.1, 0.15) is 6.42 Å². The van der Waals surface area contributed by atoms with E-state index in [0.29, 0.717) is 6.61 Å². The topological polar surface area (TPSA) is 9.23 Å². The highest BCUT2D eigenvalue weighted by molar-refractivity contribution is 4.73. The number of hydrogen-bond acceptors (Lipinski definition) is 1. The SMILES string of the molecule is FC1[CH]CCO1. The van der Waals surface area contributed by atoms with Gasteiger partial charge in [0.2, 0.25) is 6.36 Å². The van der Waals surface area contributed by atoms with Crippen molar-refractivity contribution in [1.82, 2.24) is 0 Å². The van der Waals surface area contributed by atoms with Crippen molar-refractivity contribution in [3.63, 3.8) is 0 Å². The summed E-state index contributed by atoms with van der Waals surface area (Å²) < 4.78 is 16.1. The second-order valence-electron chi connectivity index (χ2n) is 1.25. The van der Waals surface area contributed by atoms with E-state index in [0.717, 1.165) is 6.42 Å². The van der Waals surface area contributed by atoms with Crippen LogP contribution in [0.25, 0.3) is 0 Å². The lowest BCUT2D eigenvalue weighted by Gasteiger charge is -1.89. The number of hydrogen-bond donors (Lipinski definition) is 0. The lowest BCUT2D eigenvalue weighted by Crippen LogP contribution is -1.92. The third kappa shape index (κ3) is 0.684. The number of ether oxygens (including phenoxy) is 1. The predicted octanol–water partition coefficient (Wildman–Crippen LogP) is 0.907. The molecule has 0 amide bonds. The summed E-state index contributed by atoms with van der Waals surface area (Å²) in [6.07, 6.45) is 1.20. The molecule has 6 heavy (non-hydrogen) atoms. The van der Waals surface area contributed by atoms with Crippen LogP contribution in [-0.4, -0.2) is 13.0 Å². The minimum Gasteiger partial charge on any atom is -0.348 e. The summed E-state index contributed by atoms with van der Waals surface area (Å²) in [5.41, 5.74) is 0. The van der Waals surface area contributed by atoms with E-state index < -0.39 is 6.36 Å². The first-order valence-electron chi connectivity index (χ1n) is 1.98. The summed E-state index contributed by atoms with van der Waals surface area (Å²) >= 11 is 0. The maximum atomic E-state index is 11.6. The Kier molecular flexibility index (Phi) is 1.05. The molecule has 0 saturated carbocycles. The van der Waals surface area contributed by atoms with E-state index in [1.165, 1.54) is 6.42 Å². The first kappa shape index (κ1) is 4.06. The number of alkyl halides is 1. The first-order chi connectivity index (χ1) is 2.89. The van der Waals surface area contributed by atoms with E-state index in [-0.39, 0.29) is 0 Å². The Morgan fingerprint density at radius 1 is 1.83 bits per heavy atom. The van der Waals surface area contributed by atoms with E-state index in [1.807, 2.05) is 0 Å². The molecule has 0 aliphatic carbocycles. The maximum absolute atomic E-state index is 11.6. The van der Waals surface area contributed by atoms with Gasteiger partial charge in [-0.2, -0.15) is 0 Å². The molecule has 0 aromatic carbocycles. The molecule has 1 aliphatic heterocycles. The Hall–Kier alpha value is -0.110. The Balaban J connectivity index is 2.18. The second-order valence-corrected chi connectivity index (χ2v) is 1.25. The van der Waals surface area contributed by atoms with Crippen molar-refractivity contribution in [2.45, 2.75) is 12.8 Å². The minimum absolute atomic E-state index is 0.557. The molecule has 1 radical (unpaired) electrons. The lowest BCUT2D eigenvalue weighted by atomic mass is 10.4. The lowest BCUT2D eigenvalue weighted by molar-refractivity contribution is 0.0260. The van der Waals surface area contributed by atoms with Crippen molar-refractivity contribution in [3.05, 3.63) is 6.42 Å². The van der Waals surface area contributed by atoms with Crippen molar-refractivity contribution >= 4 is 0 Å². The monoisotopic (exact) mass is 89.0 g/mol. The fraction of sp³-hybridized carbons (Fsp3) is 0.750. The molecule has 0 bridgehead atoms. The van der Waals surface area contributed by atoms with Gasteiger partial charge in [0.1, 0.15) is 0 Å². The van der Waals surface area contributed by atoms with Gasteiger partial charge in [0, 0.05) is 6.42 Å². The Morgan fingerprint density at radius 2 is 2.67 bits per heavy atom. The van der Waals surface area contributed by atoms with Crippen LogP contribution < -0.4 is 0 Å². The Bertz CT molecular complexity index is 40.8. The van der Waals surface area contributed by atoms with E-state index in [2.05, 4.69) is 4.74 Å². The third-order valence-electron chi connectivity index (χ3n) is 0.747. The fourth-order valence-electron chi connectivity index (χ4n) is 0.448. The average molecular weight is 89.1 g/mol. The minimum atomic E-state index is -1.08. The molecule has 1 nitrogen and oxygen atoms in total. The first-order valence-corrected chi connectivity index (χ1v) is 1.98. The highest BCUT2D eigenvalue weighted by Gasteiger charge is 2.12. The van der Waals surface area contributed by atoms with Gasteiger partial charge in [-0.05, 0) is 6.42 Å². The van der Waals surface area contributed by atoms with E-state index in [1.54, 1.807) is 0 Å². The second kappa shape index (κ2) is 1.56. The van der Waals surface area contributed by atoms with Crippen molar-refractivity contribution in [1.29, 1.82) is 0 Å². The number of rotatable bonds is 0. The smallest absolute Gasteiger partial charge is 0.202 e. The highest BCUT2D eigenvalue weighted by atomic mass is 19.1. The molecule has 1 saturated heterocycles. The molecule has 0 N–H and O–H groups in total. The van der Waals surface area contributed by atoms with E-state index >= 15 is 0 Å². The van der Waals surface area contributed by atoms with Crippen LogP contribution in [-0.2, 0) is 4.74 Å². The van der Waals surface area contributed by atoms with Gasteiger partial charge in [0.25, 0.3) is 0 Å². The molecule has 1 heterocycles. The zero-order valence-electron chi connectivity index (χ0n) is 3.36. The quantitative estimate of drug-likeness (QED) is 0.428. The fourth-order valence-corrected chi connectivity index (χ4v) is 0.448. The Labute approximate surface area is 36.1 Å². The Morgan fingerprint density at radius 3 is 2.83 bits per heavy atom. The van der Waals surface area contributed by atoms with Crippen LogP contribution in [0.2, 0.25) is 0 Å². The molecule has 1 atom stereocenters. The zero-order valence-corrected chi connectivity index (χ0v) is 3.36. The molecule has 2 heteroatoms. The van der Waals surface area contributed by atoms with Crippen LogP contribution in [0, 0.1) is 6.42 Å². The number of halogens is 1. The third-order valence-corrected chi connectivity index (χ3v) is 0.747. The molecule has 0 spiro atoms. The van der Waals surface area contributed by atoms with Crippen molar-refractivity contribution in [2.24, 2.45) is 0 Å². The molecule has 0 aromatic heterocycles. The summed E-state index contributed by atoms with van der Waals surface area (Å²) in [4.78, 5) is 0. The summed E-state index contributed by atoms with van der Waals surface area (Å²) in [7, 11) is 0. The van der Waals surface area contributed by atoms with Crippen molar-refractivity contribution in [3.8, 4) is 0 Å². The average Bonchev–Trinajstić information content (AvgIpc) is 1.86. The van der Waals surface area contributed by atoms with Gasteiger partial charge < -0.3 is 4.74 Å². The van der Waals surface area contributed by atoms with Gasteiger partial charge in [-0.3, -0.25) is 0 Å². The van der Waals surface area contributed by atoms with E-state index in [4.69, 9.17) is 0 Å². The summed E-state index contributed by atoms with van der Waals surface area (Å²) in [5, 5.41) is 0. The molecular weight excluding hydrogens is 83.0 g/mol. The van der Waals surface area contributed by atoms with Crippen LogP contribution in [0.3, 0.4) is 0 Å². The van der Waals surface area contributed by atoms with Crippen LogP contribution >= 0.6 is 0 Å². The standard InChI is InChI=1S/C4H6FO/c5-4-2-1-3-6-4/h2,4H,1,3H2. The van der Waals surface area contributed by atoms with Crippen LogP contribution in [0.5, 0.6) is 0 Å². The van der Waals surface area contributed by atoms with Crippen molar-refractivity contribution < 1.29 is 9.13 Å². The van der Waals surface area contributed by atoms with Crippen LogP contribution in [0.4, 0.5) is 4.39 Å². The molecule has 0 aromatic rings. The maximum Gasteiger partial charge on any atom is 0.202 e. The van der Waals surface area contributed by atoms with Crippen LogP contribution in [0.15, 0.2) is 0 Å². The normalized spacial score (nSPS) is 34.5. The molecule has 1 fully saturated rings. The predicted molar refractivity (Wildman–Crippen MR) is 19.8 cm³/mol. The highest BCUT2D eigenvalue weighted by Crippen LogP contribution is 2.09. The van der Waals surface area contributed by atoms with Crippen molar-refractivity contribution in [2.75, 3.05) is 6.61 Å².